The lowest BCUT2D eigenvalue weighted by Gasteiger charge is -2.08. The van der Waals surface area contributed by atoms with E-state index in [2.05, 4.69) is 68.6 Å². The Bertz CT molecular complexity index is 462. The number of imidazole rings is 1. The van der Waals surface area contributed by atoms with Crippen LogP contribution in [0.4, 0.5) is 5.69 Å². The van der Waals surface area contributed by atoms with E-state index in [9.17, 15) is 0 Å². The number of aryl methyl sites for hydroxylation is 1. The summed E-state index contributed by atoms with van der Waals surface area (Å²) in [6.07, 6.45) is 5.03. The Balaban J connectivity index is 1.97. The molecule has 0 radical (unpaired) electrons. The fourth-order valence-corrected chi connectivity index (χ4v) is 2.06. The van der Waals surface area contributed by atoms with Gasteiger partial charge in [0.2, 0.25) is 0 Å². The van der Waals surface area contributed by atoms with Crippen molar-refractivity contribution in [3.8, 4) is 0 Å². The van der Waals surface area contributed by atoms with Gasteiger partial charge in [-0.2, -0.15) is 0 Å². The maximum absolute atomic E-state index is 4.37. The standard InChI is InChI=1S/C13H16IN3/c1-2-8-17-9-7-15-13(17)10-16-12-5-3-11(14)4-6-12/h3-7,9,16H,2,8,10H2,1H3. The first-order valence-electron chi connectivity index (χ1n) is 5.79. The second-order valence-corrected chi connectivity index (χ2v) is 5.14. The summed E-state index contributed by atoms with van der Waals surface area (Å²) in [5, 5.41) is 3.39. The molecule has 0 saturated carbocycles. The molecule has 0 fully saturated rings. The highest BCUT2D eigenvalue weighted by atomic mass is 127. The van der Waals surface area contributed by atoms with Gasteiger partial charge in [-0.25, -0.2) is 4.98 Å². The smallest absolute Gasteiger partial charge is 0.128 e. The Kier molecular flexibility index (Phi) is 4.42. The van der Waals surface area contributed by atoms with E-state index in [0.717, 1.165) is 31.0 Å². The molecule has 0 amide bonds. The third-order valence-electron chi connectivity index (χ3n) is 2.56. The molecular formula is C13H16IN3. The lowest BCUT2D eigenvalue weighted by atomic mass is 10.3. The average Bonchev–Trinajstić information content (AvgIpc) is 2.77. The van der Waals surface area contributed by atoms with Crippen LogP contribution in [0.15, 0.2) is 36.7 Å². The van der Waals surface area contributed by atoms with E-state index in [1.165, 1.54) is 3.57 Å². The summed E-state index contributed by atoms with van der Waals surface area (Å²) < 4.78 is 3.44. The van der Waals surface area contributed by atoms with E-state index in [-0.39, 0.29) is 0 Å². The van der Waals surface area contributed by atoms with E-state index in [0.29, 0.717) is 0 Å². The lowest BCUT2D eigenvalue weighted by molar-refractivity contribution is 0.644. The molecule has 1 aromatic carbocycles. The normalized spacial score (nSPS) is 10.5. The highest BCUT2D eigenvalue weighted by molar-refractivity contribution is 14.1. The maximum atomic E-state index is 4.37. The Labute approximate surface area is 115 Å². The molecule has 4 heteroatoms. The van der Waals surface area contributed by atoms with Gasteiger partial charge in [0, 0.05) is 28.2 Å². The SMILES string of the molecule is CCCn1ccnc1CNc1ccc(I)cc1. The van der Waals surface area contributed by atoms with Gasteiger partial charge in [0.25, 0.3) is 0 Å². The van der Waals surface area contributed by atoms with Gasteiger partial charge in [-0.05, 0) is 53.3 Å². The minimum Gasteiger partial charge on any atom is -0.378 e. The number of hydrogen-bond acceptors (Lipinski definition) is 2. The summed E-state index contributed by atoms with van der Waals surface area (Å²) in [6, 6.07) is 8.38. The number of aromatic nitrogens is 2. The summed E-state index contributed by atoms with van der Waals surface area (Å²) >= 11 is 2.31. The molecular weight excluding hydrogens is 325 g/mol. The first-order chi connectivity index (χ1) is 8.29. The van der Waals surface area contributed by atoms with E-state index in [4.69, 9.17) is 0 Å². The van der Waals surface area contributed by atoms with Crippen LogP contribution in [0.25, 0.3) is 0 Å². The fraction of sp³-hybridized carbons (Fsp3) is 0.308. The van der Waals surface area contributed by atoms with Gasteiger partial charge in [0.15, 0.2) is 0 Å². The van der Waals surface area contributed by atoms with Gasteiger partial charge in [-0.15, -0.1) is 0 Å². The summed E-state index contributed by atoms with van der Waals surface area (Å²) in [6.45, 7) is 3.98. The molecule has 0 aliphatic heterocycles. The Morgan fingerprint density at radius 1 is 1.29 bits per heavy atom. The molecule has 0 spiro atoms. The van der Waals surface area contributed by atoms with Crippen molar-refractivity contribution in [2.45, 2.75) is 26.4 Å². The van der Waals surface area contributed by atoms with E-state index in [1.54, 1.807) is 0 Å². The van der Waals surface area contributed by atoms with Gasteiger partial charge < -0.3 is 9.88 Å². The average molecular weight is 341 g/mol. The molecule has 17 heavy (non-hydrogen) atoms. The summed E-state index contributed by atoms with van der Waals surface area (Å²) in [7, 11) is 0. The number of hydrogen-bond donors (Lipinski definition) is 1. The number of nitrogens with zero attached hydrogens (tertiary/aromatic N) is 2. The number of rotatable bonds is 5. The van der Waals surface area contributed by atoms with Crippen molar-refractivity contribution in [3.05, 3.63) is 46.1 Å². The Hall–Kier alpha value is -1.04. The molecule has 0 saturated heterocycles. The van der Waals surface area contributed by atoms with Crippen LogP contribution in [0, 0.1) is 3.57 Å². The molecule has 0 bridgehead atoms. The maximum Gasteiger partial charge on any atom is 0.128 e. The first kappa shape index (κ1) is 12.4. The Morgan fingerprint density at radius 2 is 2.06 bits per heavy atom. The minimum atomic E-state index is 0.771. The zero-order valence-electron chi connectivity index (χ0n) is 9.86. The zero-order chi connectivity index (χ0) is 12.1. The van der Waals surface area contributed by atoms with Crippen LogP contribution in [0.2, 0.25) is 0 Å². The van der Waals surface area contributed by atoms with Gasteiger partial charge >= 0.3 is 0 Å². The van der Waals surface area contributed by atoms with E-state index < -0.39 is 0 Å². The van der Waals surface area contributed by atoms with Gasteiger partial charge in [0.1, 0.15) is 5.82 Å². The third kappa shape index (κ3) is 3.46. The number of nitrogens with one attached hydrogen (secondary N) is 1. The molecule has 3 nitrogen and oxygen atoms in total. The Morgan fingerprint density at radius 3 is 2.76 bits per heavy atom. The predicted molar refractivity (Wildman–Crippen MR) is 79.0 cm³/mol. The zero-order valence-corrected chi connectivity index (χ0v) is 12.0. The molecule has 2 rings (SSSR count). The second-order valence-electron chi connectivity index (χ2n) is 3.90. The molecule has 2 aromatic rings. The molecule has 0 atom stereocenters. The van der Waals surface area contributed by atoms with Crippen molar-refractivity contribution in [1.29, 1.82) is 0 Å². The van der Waals surface area contributed by atoms with Crippen LogP contribution in [0.1, 0.15) is 19.2 Å². The topological polar surface area (TPSA) is 29.9 Å². The molecule has 1 aromatic heterocycles. The van der Waals surface area contributed by atoms with Crippen LogP contribution in [-0.4, -0.2) is 9.55 Å². The predicted octanol–water partition coefficient (Wildman–Crippen LogP) is 3.51. The van der Waals surface area contributed by atoms with Gasteiger partial charge in [-0.1, -0.05) is 6.92 Å². The van der Waals surface area contributed by atoms with Crippen molar-refractivity contribution in [2.75, 3.05) is 5.32 Å². The number of anilines is 1. The van der Waals surface area contributed by atoms with Gasteiger partial charge in [-0.3, -0.25) is 0 Å². The molecule has 1 heterocycles. The molecule has 90 valence electrons. The van der Waals surface area contributed by atoms with Gasteiger partial charge in [0.05, 0.1) is 6.54 Å². The van der Waals surface area contributed by atoms with Crippen LogP contribution in [0.5, 0.6) is 0 Å². The highest BCUT2D eigenvalue weighted by Crippen LogP contribution is 2.12. The monoisotopic (exact) mass is 341 g/mol. The number of benzene rings is 1. The van der Waals surface area contributed by atoms with Crippen molar-refractivity contribution in [1.82, 2.24) is 9.55 Å². The third-order valence-corrected chi connectivity index (χ3v) is 3.28. The molecule has 0 aliphatic carbocycles. The lowest BCUT2D eigenvalue weighted by Crippen LogP contribution is -2.08. The van der Waals surface area contributed by atoms with E-state index in [1.807, 2.05) is 12.4 Å². The molecule has 1 N–H and O–H groups in total. The summed E-state index contributed by atoms with van der Waals surface area (Å²) in [5.74, 6) is 1.09. The van der Waals surface area contributed by atoms with Crippen molar-refractivity contribution in [2.24, 2.45) is 0 Å². The summed E-state index contributed by atoms with van der Waals surface area (Å²) in [5.41, 5.74) is 1.14. The van der Waals surface area contributed by atoms with Crippen LogP contribution in [-0.2, 0) is 13.1 Å². The minimum absolute atomic E-state index is 0.771. The molecule has 0 unspecified atom stereocenters. The summed E-state index contributed by atoms with van der Waals surface area (Å²) in [4.78, 5) is 4.37. The van der Waals surface area contributed by atoms with Crippen LogP contribution < -0.4 is 5.32 Å². The second kappa shape index (κ2) is 6.05. The highest BCUT2D eigenvalue weighted by Gasteiger charge is 2.01. The van der Waals surface area contributed by atoms with Crippen molar-refractivity contribution < 1.29 is 0 Å². The van der Waals surface area contributed by atoms with Crippen LogP contribution >= 0.6 is 22.6 Å². The van der Waals surface area contributed by atoms with Crippen LogP contribution in [0.3, 0.4) is 0 Å². The number of halogens is 1. The van der Waals surface area contributed by atoms with Crippen molar-refractivity contribution >= 4 is 28.3 Å². The fourth-order valence-electron chi connectivity index (χ4n) is 1.70. The largest absolute Gasteiger partial charge is 0.378 e. The van der Waals surface area contributed by atoms with E-state index >= 15 is 0 Å². The first-order valence-corrected chi connectivity index (χ1v) is 6.87. The van der Waals surface area contributed by atoms with Crippen molar-refractivity contribution in [3.63, 3.8) is 0 Å². The molecule has 0 aliphatic rings. The quantitative estimate of drug-likeness (QED) is 0.844.